The smallest absolute Gasteiger partial charge is 0.338 e. The molecule has 284 valence electrons. The molecule has 10 rings (SSSR count). The summed E-state index contributed by atoms with van der Waals surface area (Å²) in [6.07, 6.45) is -6.72. The third-order valence-electron chi connectivity index (χ3n) is 13.7. The van der Waals surface area contributed by atoms with E-state index in [2.05, 4.69) is 6.58 Å². The summed E-state index contributed by atoms with van der Waals surface area (Å²) in [5.74, 6) is -6.72. The topological polar surface area (TPSA) is 172 Å². The highest BCUT2D eigenvalue weighted by Crippen LogP contribution is 2.85. The summed E-state index contributed by atoms with van der Waals surface area (Å²) in [6, 6.07) is 15.1. The number of aliphatic hydroxyl groups excluding tert-OH is 1. The molecule has 1 N–H and O–H groups in total. The van der Waals surface area contributed by atoms with Crippen LogP contribution in [0.4, 0.5) is 0 Å². The average molecular weight is 742 g/mol. The zero-order valence-electron chi connectivity index (χ0n) is 30.6. The average Bonchev–Trinajstić information content (AvgIpc) is 3.46. The maximum absolute atomic E-state index is 14.0. The van der Waals surface area contributed by atoms with Gasteiger partial charge in [-0.15, -0.1) is 0 Å². The van der Waals surface area contributed by atoms with Crippen LogP contribution in [0.15, 0.2) is 72.8 Å². The second kappa shape index (κ2) is 12.3. The van der Waals surface area contributed by atoms with Crippen molar-refractivity contribution in [3.63, 3.8) is 0 Å². The normalized spacial score (nSPS) is 42.1. The predicted octanol–water partition coefficient (Wildman–Crippen LogP) is 2.93. The Morgan fingerprint density at radius 2 is 1.28 bits per heavy atom. The summed E-state index contributed by atoms with van der Waals surface area (Å²) < 4.78 is 31.3. The number of piperidine rings is 1. The lowest BCUT2D eigenvalue weighted by Crippen LogP contribution is -2.79. The van der Waals surface area contributed by atoms with E-state index in [1.54, 1.807) is 74.6 Å². The van der Waals surface area contributed by atoms with E-state index in [0.717, 1.165) is 0 Å². The second-order valence-electron chi connectivity index (χ2n) is 16.1. The summed E-state index contributed by atoms with van der Waals surface area (Å²) in [5.41, 5.74) is -3.13. The minimum absolute atomic E-state index is 0.163. The quantitative estimate of drug-likeness (QED) is 0.181. The van der Waals surface area contributed by atoms with E-state index in [9.17, 15) is 33.9 Å². The van der Waals surface area contributed by atoms with Crippen molar-refractivity contribution < 1.29 is 57.6 Å². The molecule has 2 heterocycles. The first kappa shape index (κ1) is 36.1. The van der Waals surface area contributed by atoms with E-state index in [4.69, 9.17) is 23.7 Å². The monoisotopic (exact) mass is 741 g/mol. The first-order valence-electron chi connectivity index (χ1n) is 18.2. The van der Waals surface area contributed by atoms with Crippen LogP contribution in [-0.4, -0.2) is 102 Å². The van der Waals surface area contributed by atoms with Gasteiger partial charge < -0.3 is 33.6 Å². The Morgan fingerprint density at radius 1 is 0.759 bits per heavy atom. The number of aliphatic hydroxyl groups is 1. The van der Waals surface area contributed by atoms with Gasteiger partial charge in [0.25, 0.3) is 0 Å². The maximum atomic E-state index is 14.0. The van der Waals surface area contributed by atoms with Gasteiger partial charge in [-0.3, -0.25) is 19.3 Å². The van der Waals surface area contributed by atoms with Crippen LogP contribution in [0.2, 0.25) is 0 Å². The molecule has 2 aliphatic heterocycles. The molecule has 15 atom stereocenters. The van der Waals surface area contributed by atoms with E-state index >= 15 is 0 Å². The van der Waals surface area contributed by atoms with Crippen LogP contribution in [0.1, 0.15) is 54.8 Å². The minimum atomic E-state index is -1.66. The van der Waals surface area contributed by atoms with Crippen molar-refractivity contribution in [3.8, 4) is 0 Å². The molecule has 2 aromatic rings. The summed E-state index contributed by atoms with van der Waals surface area (Å²) in [7, 11) is 1.80. The Kier molecular flexibility index (Phi) is 8.24. The lowest BCUT2D eigenvalue weighted by molar-refractivity contribution is -0.301. The fraction of sp³-hybridized carbons (Fsp3) is 0.512. The molecule has 6 saturated carbocycles. The first-order valence-corrected chi connectivity index (χ1v) is 18.2. The van der Waals surface area contributed by atoms with Crippen LogP contribution < -0.4 is 0 Å². The Labute approximate surface area is 311 Å². The van der Waals surface area contributed by atoms with Gasteiger partial charge in [-0.25, -0.2) is 9.59 Å². The van der Waals surface area contributed by atoms with Crippen molar-refractivity contribution in [2.24, 2.45) is 39.9 Å². The van der Waals surface area contributed by atoms with Gasteiger partial charge in [-0.2, -0.15) is 0 Å². The number of hydrogen-bond acceptors (Lipinski definition) is 13. The third-order valence-corrected chi connectivity index (χ3v) is 13.7. The molecule has 0 amide bonds. The van der Waals surface area contributed by atoms with E-state index in [1.165, 1.54) is 20.8 Å². The molecule has 54 heavy (non-hydrogen) atoms. The van der Waals surface area contributed by atoms with E-state index < -0.39 is 118 Å². The number of ether oxygens (including phenoxy) is 5. The van der Waals surface area contributed by atoms with Crippen molar-refractivity contribution in [2.45, 2.75) is 82.8 Å². The molecule has 2 saturated heterocycles. The number of fused-ring (bicyclic) bond motifs is 1. The van der Waals surface area contributed by atoms with Crippen LogP contribution in [-0.2, 0) is 42.9 Å². The lowest BCUT2D eigenvalue weighted by Gasteiger charge is -2.70. The molecule has 7 bridgehead atoms. The van der Waals surface area contributed by atoms with Gasteiger partial charge in [0.1, 0.15) is 18.5 Å². The molecular weight excluding hydrogens is 698 g/mol. The molecule has 2 aromatic carbocycles. The van der Waals surface area contributed by atoms with Crippen LogP contribution in [0.5, 0.6) is 0 Å². The standard InChI is InChI=1S/C41H43NO12/c1-19-17-40-26-28(53-37(48)23-13-9-7-10-14-23)25(19)29(50-20(2)44)32(40)41-31(27(34(40)47)42(6)33(26)41)39(5,18-43)35(51-21(3)45)30(36(41)52-22(4)46)54-38(49)24-15-11-8-12-16-24/h7-16,18,25-36,47H,1,17H2,2-6H3/t25-,26?,27+,28?,29+,30?,31+,32+,33+,34+,35-,36?,39-,40-,41+/m0/s1. The SMILES string of the molecule is C=C1C[C@]23C4C(OC(=O)c5ccccc5)[C@H]1[C@@H](OC(C)=O)[C@H]2[C@]12C(OC(C)=O)C(OC(=O)c5ccccc5)[C@H](OC(C)=O)[C@@](C)(C=O)[C@H]1[C@H]([C@H]3O)N(C)[C@H]42. The van der Waals surface area contributed by atoms with Gasteiger partial charge in [0.2, 0.25) is 0 Å². The fourth-order valence-electron chi connectivity index (χ4n) is 12.7. The molecule has 8 aliphatic rings. The zero-order chi connectivity index (χ0) is 38.6. The number of benzene rings is 2. The summed E-state index contributed by atoms with van der Waals surface area (Å²) in [6.45, 7) is 9.63. The molecule has 8 fully saturated rings. The number of rotatable bonds is 8. The number of hydrogen-bond donors (Lipinski definition) is 1. The van der Waals surface area contributed by atoms with Crippen LogP contribution in [0, 0.1) is 39.9 Å². The highest BCUT2D eigenvalue weighted by atomic mass is 16.6. The maximum Gasteiger partial charge on any atom is 0.338 e. The van der Waals surface area contributed by atoms with Gasteiger partial charge in [0.05, 0.1) is 28.6 Å². The summed E-state index contributed by atoms with van der Waals surface area (Å²) >= 11 is 0. The van der Waals surface area contributed by atoms with Gasteiger partial charge in [0, 0.05) is 61.4 Å². The molecule has 13 nitrogen and oxygen atoms in total. The highest BCUT2D eigenvalue weighted by Gasteiger charge is 2.95. The number of carbonyl (C=O) groups excluding carboxylic acids is 6. The van der Waals surface area contributed by atoms with Crippen LogP contribution >= 0.6 is 0 Å². The van der Waals surface area contributed by atoms with Crippen LogP contribution in [0.25, 0.3) is 0 Å². The highest BCUT2D eigenvalue weighted by molar-refractivity contribution is 5.90. The van der Waals surface area contributed by atoms with Crippen molar-refractivity contribution in [2.75, 3.05) is 7.05 Å². The number of carbonyl (C=O) groups is 6. The molecule has 0 aromatic heterocycles. The fourth-order valence-corrected chi connectivity index (χ4v) is 12.7. The van der Waals surface area contributed by atoms with Crippen molar-refractivity contribution in [1.29, 1.82) is 0 Å². The number of nitrogens with zero attached hydrogens (tertiary/aromatic N) is 1. The molecular formula is C41H43NO12. The van der Waals surface area contributed by atoms with Gasteiger partial charge in [0.15, 0.2) is 18.3 Å². The Bertz CT molecular complexity index is 1950. The molecule has 6 aliphatic carbocycles. The largest absolute Gasteiger partial charge is 0.461 e. The zero-order valence-corrected chi connectivity index (χ0v) is 30.6. The molecule has 13 heteroatoms. The van der Waals surface area contributed by atoms with Crippen molar-refractivity contribution in [1.82, 2.24) is 4.90 Å². The summed E-state index contributed by atoms with van der Waals surface area (Å²) in [4.78, 5) is 83.0. The van der Waals surface area contributed by atoms with E-state index in [0.29, 0.717) is 17.4 Å². The Morgan fingerprint density at radius 3 is 1.80 bits per heavy atom. The number of likely N-dealkylation sites (N-methyl/N-ethyl adjacent to an activating group) is 1. The Hall–Kier alpha value is -4.88. The van der Waals surface area contributed by atoms with Crippen LogP contribution in [0.3, 0.4) is 0 Å². The summed E-state index contributed by atoms with van der Waals surface area (Å²) in [5, 5.41) is 12.9. The van der Waals surface area contributed by atoms with Gasteiger partial charge in [-0.1, -0.05) is 48.6 Å². The Balaban J connectivity index is 1.39. The molecule has 2 spiro atoms. The van der Waals surface area contributed by atoms with Gasteiger partial charge >= 0.3 is 29.8 Å². The van der Waals surface area contributed by atoms with E-state index in [1.807, 2.05) is 4.90 Å². The van der Waals surface area contributed by atoms with Crippen molar-refractivity contribution >= 4 is 36.1 Å². The number of esters is 5. The second-order valence-corrected chi connectivity index (χ2v) is 16.1. The number of aldehydes is 1. The lowest BCUT2D eigenvalue weighted by atomic mass is 9.37. The van der Waals surface area contributed by atoms with Gasteiger partial charge in [-0.05, 0) is 44.7 Å². The third kappa shape index (κ3) is 4.51. The molecule has 4 unspecified atom stereocenters. The minimum Gasteiger partial charge on any atom is -0.461 e. The van der Waals surface area contributed by atoms with Crippen molar-refractivity contribution in [3.05, 3.63) is 83.9 Å². The first-order chi connectivity index (χ1) is 25.7. The predicted molar refractivity (Wildman–Crippen MR) is 186 cm³/mol. The molecule has 0 radical (unpaired) electrons. The van der Waals surface area contributed by atoms with E-state index in [-0.39, 0.29) is 12.0 Å².